The molecule has 2 heterocycles. The van der Waals surface area contributed by atoms with Crippen molar-refractivity contribution in [2.45, 2.75) is 38.1 Å². The number of aromatic nitrogens is 1. The first kappa shape index (κ1) is 17.2. The lowest BCUT2D eigenvalue weighted by Gasteiger charge is -2.41. The highest BCUT2D eigenvalue weighted by Crippen LogP contribution is 2.25. The van der Waals surface area contributed by atoms with Crippen molar-refractivity contribution in [2.24, 2.45) is 0 Å². The van der Waals surface area contributed by atoms with Crippen LogP contribution < -0.4 is 0 Å². The molecule has 1 aliphatic carbocycles. The van der Waals surface area contributed by atoms with E-state index < -0.39 is 0 Å². The van der Waals surface area contributed by atoms with Gasteiger partial charge in [0.05, 0.1) is 0 Å². The average molecular weight is 349 g/mol. The van der Waals surface area contributed by atoms with E-state index >= 15 is 0 Å². The Balaban J connectivity index is 1.26. The highest BCUT2D eigenvalue weighted by atomic mass is 16.2. The van der Waals surface area contributed by atoms with Crippen LogP contribution in [0.2, 0.25) is 0 Å². The van der Waals surface area contributed by atoms with Crippen LogP contribution in [-0.2, 0) is 24.1 Å². The number of hydrogen-bond donors (Lipinski definition) is 0. The predicted molar refractivity (Wildman–Crippen MR) is 103 cm³/mol. The summed E-state index contributed by atoms with van der Waals surface area (Å²) in [6.07, 6.45) is 8.58. The van der Waals surface area contributed by atoms with Crippen molar-refractivity contribution in [3.8, 4) is 0 Å². The Morgan fingerprint density at radius 1 is 1.00 bits per heavy atom. The van der Waals surface area contributed by atoms with Gasteiger partial charge in [0.25, 0.3) is 0 Å². The first-order valence-corrected chi connectivity index (χ1v) is 9.77. The summed E-state index contributed by atoms with van der Waals surface area (Å²) in [6.45, 7) is 3.75. The van der Waals surface area contributed by atoms with Crippen LogP contribution in [0.5, 0.6) is 0 Å². The predicted octanol–water partition coefficient (Wildman–Crippen LogP) is 2.72. The lowest BCUT2D eigenvalue weighted by atomic mass is 9.87. The lowest BCUT2D eigenvalue weighted by Crippen LogP contribution is -2.53. The molecule has 1 atom stereocenters. The second kappa shape index (κ2) is 8.00. The number of rotatable bonds is 4. The first-order valence-electron chi connectivity index (χ1n) is 9.77. The molecular weight excluding hydrogens is 322 g/mol. The summed E-state index contributed by atoms with van der Waals surface area (Å²) in [5.74, 6) is 0.287. The van der Waals surface area contributed by atoms with E-state index in [4.69, 9.17) is 0 Å². The molecule has 2 aromatic rings. The molecule has 1 aliphatic heterocycles. The zero-order chi connectivity index (χ0) is 17.8. The fraction of sp³-hybridized carbons (Fsp3) is 0.455. The Labute approximate surface area is 155 Å². The number of pyridine rings is 1. The molecule has 1 saturated heterocycles. The second-order valence-electron chi connectivity index (χ2n) is 7.44. The Hall–Kier alpha value is -2.20. The molecule has 0 unspecified atom stereocenters. The summed E-state index contributed by atoms with van der Waals surface area (Å²) in [7, 11) is 0. The number of benzene rings is 1. The quantitative estimate of drug-likeness (QED) is 0.852. The summed E-state index contributed by atoms with van der Waals surface area (Å²) in [5.41, 5.74) is 4.22. The maximum absolute atomic E-state index is 12.5. The second-order valence-corrected chi connectivity index (χ2v) is 7.44. The van der Waals surface area contributed by atoms with E-state index in [9.17, 15) is 4.79 Å². The summed E-state index contributed by atoms with van der Waals surface area (Å²) in [6, 6.07) is 13.5. The Morgan fingerprint density at radius 2 is 1.73 bits per heavy atom. The van der Waals surface area contributed by atoms with E-state index in [1.807, 2.05) is 12.1 Å². The monoisotopic (exact) mass is 349 g/mol. The molecule has 0 saturated carbocycles. The van der Waals surface area contributed by atoms with Gasteiger partial charge in [0, 0.05) is 51.0 Å². The van der Waals surface area contributed by atoms with Crippen LogP contribution in [0.4, 0.5) is 0 Å². The molecule has 26 heavy (non-hydrogen) atoms. The first-order chi connectivity index (χ1) is 12.8. The van der Waals surface area contributed by atoms with Gasteiger partial charge in [-0.15, -0.1) is 0 Å². The molecule has 4 heteroatoms. The van der Waals surface area contributed by atoms with Crippen molar-refractivity contribution in [3.63, 3.8) is 0 Å². The third-order valence-corrected chi connectivity index (χ3v) is 5.88. The third-order valence-electron chi connectivity index (χ3n) is 5.88. The highest BCUT2D eigenvalue weighted by molar-refractivity contribution is 5.76. The molecule has 1 aromatic carbocycles. The number of hydrogen-bond acceptors (Lipinski definition) is 3. The molecule has 4 rings (SSSR count). The Kier molecular flexibility index (Phi) is 5.30. The number of carbonyl (C=O) groups excluding carboxylic acids is 1. The number of aryl methyl sites for hydroxylation is 2. The number of piperazine rings is 1. The van der Waals surface area contributed by atoms with Crippen LogP contribution in [0.3, 0.4) is 0 Å². The third kappa shape index (κ3) is 3.96. The minimum Gasteiger partial charge on any atom is -0.340 e. The molecule has 0 bridgehead atoms. The fourth-order valence-corrected chi connectivity index (χ4v) is 4.29. The van der Waals surface area contributed by atoms with Crippen molar-refractivity contribution in [1.29, 1.82) is 0 Å². The zero-order valence-corrected chi connectivity index (χ0v) is 15.3. The topological polar surface area (TPSA) is 36.4 Å². The molecular formula is C22H27N3O. The number of amides is 1. The fourth-order valence-electron chi connectivity index (χ4n) is 4.29. The largest absolute Gasteiger partial charge is 0.340 e. The van der Waals surface area contributed by atoms with E-state index in [0.717, 1.165) is 39.0 Å². The van der Waals surface area contributed by atoms with Gasteiger partial charge >= 0.3 is 0 Å². The highest BCUT2D eigenvalue weighted by Gasteiger charge is 2.28. The van der Waals surface area contributed by atoms with Gasteiger partial charge < -0.3 is 4.90 Å². The van der Waals surface area contributed by atoms with Crippen LogP contribution in [0.15, 0.2) is 48.8 Å². The van der Waals surface area contributed by atoms with E-state index in [-0.39, 0.29) is 5.91 Å². The molecule has 1 amide bonds. The van der Waals surface area contributed by atoms with E-state index in [1.165, 1.54) is 29.5 Å². The van der Waals surface area contributed by atoms with Crippen molar-refractivity contribution < 1.29 is 4.79 Å². The Morgan fingerprint density at radius 3 is 2.50 bits per heavy atom. The molecule has 2 aliphatic rings. The van der Waals surface area contributed by atoms with Gasteiger partial charge in [0.1, 0.15) is 0 Å². The van der Waals surface area contributed by atoms with Gasteiger partial charge in [-0.3, -0.25) is 14.7 Å². The van der Waals surface area contributed by atoms with Crippen LogP contribution >= 0.6 is 0 Å². The lowest BCUT2D eigenvalue weighted by molar-refractivity contribution is -0.133. The van der Waals surface area contributed by atoms with Gasteiger partial charge in [-0.25, -0.2) is 0 Å². The minimum atomic E-state index is 0.287. The van der Waals surface area contributed by atoms with Gasteiger partial charge in [-0.05, 0) is 54.5 Å². The number of nitrogens with zero attached hydrogens (tertiary/aromatic N) is 3. The van der Waals surface area contributed by atoms with E-state index in [0.29, 0.717) is 12.5 Å². The zero-order valence-electron chi connectivity index (χ0n) is 15.3. The molecule has 1 fully saturated rings. The van der Waals surface area contributed by atoms with Gasteiger partial charge in [-0.1, -0.05) is 24.3 Å². The van der Waals surface area contributed by atoms with Gasteiger partial charge in [-0.2, -0.15) is 0 Å². The number of carbonyl (C=O) groups is 1. The molecule has 0 spiro atoms. The molecule has 0 radical (unpaired) electrons. The average Bonchev–Trinajstić information content (AvgIpc) is 2.72. The van der Waals surface area contributed by atoms with Crippen LogP contribution in [0, 0.1) is 0 Å². The number of fused-ring (bicyclic) bond motifs is 1. The molecule has 1 aromatic heterocycles. The van der Waals surface area contributed by atoms with Crippen molar-refractivity contribution >= 4 is 5.91 Å². The summed E-state index contributed by atoms with van der Waals surface area (Å²) in [5, 5.41) is 0. The summed E-state index contributed by atoms with van der Waals surface area (Å²) in [4.78, 5) is 21.2. The standard InChI is InChI=1S/C22H27N3O/c26-22(8-5-18-9-11-23-12-10-18)25-15-13-24(14-16-25)21-7-6-19-3-1-2-4-20(19)17-21/h1-4,9-12,21H,5-8,13-17H2/t21-/m0/s1. The normalized spacial score (nSPS) is 20.6. The maximum atomic E-state index is 12.5. The molecule has 136 valence electrons. The molecule has 0 N–H and O–H groups in total. The van der Waals surface area contributed by atoms with Gasteiger partial charge in [0.15, 0.2) is 0 Å². The van der Waals surface area contributed by atoms with Crippen molar-refractivity contribution in [3.05, 3.63) is 65.5 Å². The van der Waals surface area contributed by atoms with Crippen molar-refractivity contribution in [2.75, 3.05) is 26.2 Å². The summed E-state index contributed by atoms with van der Waals surface area (Å²) < 4.78 is 0. The maximum Gasteiger partial charge on any atom is 0.222 e. The van der Waals surface area contributed by atoms with Crippen molar-refractivity contribution in [1.82, 2.24) is 14.8 Å². The Bertz CT molecular complexity index is 738. The SMILES string of the molecule is O=C(CCc1ccncc1)N1CCN([C@H]2CCc3ccccc3C2)CC1. The van der Waals surface area contributed by atoms with E-state index in [1.54, 1.807) is 12.4 Å². The van der Waals surface area contributed by atoms with Crippen LogP contribution in [0.25, 0.3) is 0 Å². The van der Waals surface area contributed by atoms with Gasteiger partial charge in [0.2, 0.25) is 5.91 Å². The minimum absolute atomic E-state index is 0.287. The van der Waals surface area contributed by atoms with E-state index in [2.05, 4.69) is 39.0 Å². The molecule has 4 nitrogen and oxygen atoms in total. The summed E-state index contributed by atoms with van der Waals surface area (Å²) >= 11 is 0. The van der Waals surface area contributed by atoms with Crippen LogP contribution in [-0.4, -0.2) is 52.9 Å². The van der Waals surface area contributed by atoms with Crippen LogP contribution in [0.1, 0.15) is 29.5 Å². The smallest absolute Gasteiger partial charge is 0.222 e.